The predicted octanol–water partition coefficient (Wildman–Crippen LogP) is 4.56. The van der Waals surface area contributed by atoms with Crippen LogP contribution in [0.4, 0.5) is 11.4 Å². The summed E-state index contributed by atoms with van der Waals surface area (Å²) in [5.41, 5.74) is 13.1. The molecule has 0 saturated carbocycles. The molecule has 2 aromatic carbocycles. The van der Waals surface area contributed by atoms with E-state index >= 15 is 0 Å². The molecule has 0 amide bonds. The molecular weight excluding hydrogens is 338 g/mol. The largest absolute Gasteiger partial charge is 0.493 e. The molecule has 27 heavy (non-hydrogen) atoms. The Labute approximate surface area is 158 Å². The topological polar surface area (TPSA) is 80.6 Å². The number of methoxy groups -OCH3 is 2. The van der Waals surface area contributed by atoms with Gasteiger partial charge in [-0.15, -0.1) is 0 Å². The lowest BCUT2D eigenvalue weighted by molar-refractivity contribution is 0.355. The minimum Gasteiger partial charge on any atom is -0.493 e. The summed E-state index contributed by atoms with van der Waals surface area (Å²) in [7, 11) is 3.20. The first-order chi connectivity index (χ1) is 13.2. The van der Waals surface area contributed by atoms with Crippen molar-refractivity contribution in [3.8, 4) is 28.7 Å². The number of fused-ring (bicyclic) bond motifs is 2. The number of nitriles is 1. The summed E-state index contributed by atoms with van der Waals surface area (Å²) >= 11 is 0. The van der Waals surface area contributed by atoms with Crippen LogP contribution in [-0.2, 0) is 6.42 Å². The molecule has 0 saturated heterocycles. The Morgan fingerprint density at radius 2 is 1.96 bits per heavy atom. The molecule has 0 aromatic heterocycles. The van der Waals surface area contributed by atoms with Crippen molar-refractivity contribution in [1.82, 2.24) is 0 Å². The Kier molecular flexibility index (Phi) is 4.33. The second-order valence-electron chi connectivity index (χ2n) is 6.76. The van der Waals surface area contributed by atoms with Crippen LogP contribution in [0, 0.1) is 11.3 Å². The first-order valence-corrected chi connectivity index (χ1v) is 9.01. The molecule has 0 fully saturated rings. The van der Waals surface area contributed by atoms with Gasteiger partial charge in [0.25, 0.3) is 0 Å². The van der Waals surface area contributed by atoms with E-state index in [2.05, 4.69) is 12.1 Å². The van der Waals surface area contributed by atoms with Gasteiger partial charge in [0.2, 0.25) is 0 Å². The molecule has 5 heteroatoms. The van der Waals surface area contributed by atoms with Gasteiger partial charge in [-0.25, -0.2) is 0 Å². The maximum atomic E-state index is 9.78. The van der Waals surface area contributed by atoms with Crippen LogP contribution in [0.25, 0.3) is 11.1 Å². The second kappa shape index (κ2) is 6.81. The highest BCUT2D eigenvalue weighted by atomic mass is 16.5. The summed E-state index contributed by atoms with van der Waals surface area (Å²) in [5.74, 6) is 1.25. The van der Waals surface area contributed by atoms with E-state index in [0.717, 1.165) is 53.8 Å². The third-order valence-electron chi connectivity index (χ3n) is 5.20. The number of rotatable bonds is 3. The Balaban J connectivity index is 1.98. The lowest BCUT2D eigenvalue weighted by Gasteiger charge is -2.25. The molecule has 1 aliphatic heterocycles. The SMILES string of the molecule is COc1ccc(-c2c(C#N)c(N)cc3c2N=C2CCCC=C2C3)cc1OC. The fraction of sp³-hybridized carbons (Fsp3) is 0.273. The fourth-order valence-corrected chi connectivity index (χ4v) is 3.87. The predicted molar refractivity (Wildman–Crippen MR) is 107 cm³/mol. The van der Waals surface area contributed by atoms with E-state index in [9.17, 15) is 5.26 Å². The maximum absolute atomic E-state index is 9.78. The fourth-order valence-electron chi connectivity index (χ4n) is 3.87. The molecule has 5 nitrogen and oxygen atoms in total. The summed E-state index contributed by atoms with van der Waals surface area (Å²) in [5, 5.41) is 9.78. The van der Waals surface area contributed by atoms with Gasteiger partial charge in [-0.3, -0.25) is 4.99 Å². The summed E-state index contributed by atoms with van der Waals surface area (Å²) in [6, 6.07) is 9.80. The lowest BCUT2D eigenvalue weighted by Crippen LogP contribution is -2.14. The average molecular weight is 359 g/mol. The minimum atomic E-state index is 0.452. The summed E-state index contributed by atoms with van der Waals surface area (Å²) < 4.78 is 10.8. The number of hydrogen-bond acceptors (Lipinski definition) is 5. The Morgan fingerprint density at radius 3 is 2.70 bits per heavy atom. The zero-order valence-corrected chi connectivity index (χ0v) is 15.5. The van der Waals surface area contributed by atoms with Crippen LogP contribution in [-0.4, -0.2) is 19.9 Å². The van der Waals surface area contributed by atoms with Crippen LogP contribution >= 0.6 is 0 Å². The van der Waals surface area contributed by atoms with E-state index in [4.69, 9.17) is 20.2 Å². The van der Waals surface area contributed by atoms with Crippen LogP contribution in [0.1, 0.15) is 30.4 Å². The first kappa shape index (κ1) is 17.2. The number of nitrogen functional groups attached to an aromatic ring is 1. The van der Waals surface area contributed by atoms with Crippen LogP contribution in [0.5, 0.6) is 11.5 Å². The van der Waals surface area contributed by atoms with E-state index < -0.39 is 0 Å². The molecule has 1 aliphatic carbocycles. The molecule has 0 radical (unpaired) electrons. The number of ether oxygens (including phenoxy) is 2. The number of benzene rings is 2. The highest BCUT2D eigenvalue weighted by Gasteiger charge is 2.25. The van der Waals surface area contributed by atoms with Gasteiger partial charge in [0.1, 0.15) is 6.07 Å². The summed E-state index contributed by atoms with van der Waals surface area (Å²) in [6.07, 6.45) is 6.27. The molecule has 0 spiro atoms. The molecule has 2 aromatic rings. The number of aliphatic imine (C=N–C) groups is 1. The number of hydrogen-bond donors (Lipinski definition) is 1. The highest BCUT2D eigenvalue weighted by Crippen LogP contribution is 2.45. The number of nitrogens with two attached hydrogens (primary N) is 1. The van der Waals surface area contributed by atoms with E-state index in [1.165, 1.54) is 5.57 Å². The third-order valence-corrected chi connectivity index (χ3v) is 5.20. The van der Waals surface area contributed by atoms with Gasteiger partial charge >= 0.3 is 0 Å². The minimum absolute atomic E-state index is 0.452. The lowest BCUT2D eigenvalue weighted by atomic mass is 9.85. The number of anilines is 1. The Bertz CT molecular complexity index is 1030. The average Bonchev–Trinajstić information content (AvgIpc) is 2.70. The highest BCUT2D eigenvalue weighted by molar-refractivity contribution is 6.06. The first-order valence-electron chi connectivity index (χ1n) is 9.01. The van der Waals surface area contributed by atoms with Crippen molar-refractivity contribution in [3.63, 3.8) is 0 Å². The molecule has 2 aliphatic rings. The van der Waals surface area contributed by atoms with Gasteiger partial charge in [0.15, 0.2) is 11.5 Å². The number of nitrogens with zero attached hydrogens (tertiary/aromatic N) is 2. The van der Waals surface area contributed by atoms with E-state index in [1.54, 1.807) is 14.2 Å². The van der Waals surface area contributed by atoms with Crippen LogP contribution in [0.3, 0.4) is 0 Å². The molecule has 0 bridgehead atoms. The van der Waals surface area contributed by atoms with E-state index in [0.29, 0.717) is 22.7 Å². The van der Waals surface area contributed by atoms with Crippen LogP contribution in [0.15, 0.2) is 40.9 Å². The monoisotopic (exact) mass is 359 g/mol. The molecule has 1 heterocycles. The quantitative estimate of drug-likeness (QED) is 0.814. The van der Waals surface area contributed by atoms with Gasteiger partial charge in [-0.05, 0) is 54.2 Å². The molecular formula is C22H21N3O2. The van der Waals surface area contributed by atoms with E-state index in [-0.39, 0.29) is 0 Å². The smallest absolute Gasteiger partial charge is 0.161 e. The van der Waals surface area contributed by atoms with Crippen LogP contribution in [0.2, 0.25) is 0 Å². The molecule has 2 N–H and O–H groups in total. The maximum Gasteiger partial charge on any atom is 0.161 e. The van der Waals surface area contributed by atoms with Crippen molar-refractivity contribution in [2.24, 2.45) is 4.99 Å². The van der Waals surface area contributed by atoms with Crippen molar-refractivity contribution in [1.29, 1.82) is 5.26 Å². The molecule has 0 unspecified atom stereocenters. The van der Waals surface area contributed by atoms with Gasteiger partial charge in [0, 0.05) is 17.7 Å². The zero-order valence-electron chi connectivity index (χ0n) is 15.5. The Morgan fingerprint density at radius 1 is 1.15 bits per heavy atom. The molecule has 136 valence electrons. The normalized spacial score (nSPS) is 15.0. The third kappa shape index (κ3) is 2.83. The summed E-state index contributed by atoms with van der Waals surface area (Å²) in [6.45, 7) is 0. The van der Waals surface area contributed by atoms with Crippen molar-refractivity contribution in [2.45, 2.75) is 25.7 Å². The molecule has 0 atom stereocenters. The molecule has 4 rings (SSSR count). The van der Waals surface area contributed by atoms with Gasteiger partial charge < -0.3 is 15.2 Å². The summed E-state index contributed by atoms with van der Waals surface area (Å²) in [4.78, 5) is 4.96. The standard InChI is InChI=1S/C22H21N3O2/c1-26-19-8-7-14(11-20(19)27-2)21-16(12-23)17(24)10-15-9-13-5-3-4-6-18(13)25-22(15)21/h5,7-8,10-11H,3-4,6,9,24H2,1-2H3. The van der Waals surface area contributed by atoms with E-state index in [1.807, 2.05) is 24.3 Å². The van der Waals surface area contributed by atoms with Gasteiger partial charge in [-0.2, -0.15) is 5.26 Å². The van der Waals surface area contributed by atoms with Crippen molar-refractivity contribution in [2.75, 3.05) is 20.0 Å². The van der Waals surface area contributed by atoms with Crippen molar-refractivity contribution < 1.29 is 9.47 Å². The van der Waals surface area contributed by atoms with Crippen molar-refractivity contribution in [3.05, 3.63) is 47.0 Å². The number of allylic oxidation sites excluding steroid dienone is 2. The van der Waals surface area contributed by atoms with Crippen molar-refractivity contribution >= 4 is 17.1 Å². The second-order valence-corrected chi connectivity index (χ2v) is 6.76. The van der Waals surface area contributed by atoms with Gasteiger partial charge in [0.05, 0.1) is 31.2 Å². The van der Waals surface area contributed by atoms with Gasteiger partial charge in [-0.1, -0.05) is 12.1 Å². The Hall–Kier alpha value is -3.26. The zero-order chi connectivity index (χ0) is 19.0. The van der Waals surface area contributed by atoms with Crippen LogP contribution < -0.4 is 15.2 Å².